The summed E-state index contributed by atoms with van der Waals surface area (Å²) >= 11 is 0. The van der Waals surface area contributed by atoms with Gasteiger partial charge >= 0.3 is 12.1 Å². The molecule has 0 bridgehead atoms. The van der Waals surface area contributed by atoms with Gasteiger partial charge < -0.3 is 10.4 Å². The molecule has 0 aliphatic heterocycles. The number of carboxylic acid groups (broad SMARTS) is 1. The zero-order valence-corrected chi connectivity index (χ0v) is 17.0. The van der Waals surface area contributed by atoms with Crippen molar-refractivity contribution in [3.63, 3.8) is 0 Å². The van der Waals surface area contributed by atoms with E-state index in [0.717, 1.165) is 70.0 Å². The third-order valence-corrected chi connectivity index (χ3v) is 4.58. The van der Waals surface area contributed by atoms with Crippen molar-refractivity contribution in [2.45, 2.75) is 83.2 Å². The van der Waals surface area contributed by atoms with Crippen LogP contribution in [0.25, 0.3) is 0 Å². The first-order valence-corrected chi connectivity index (χ1v) is 10.5. The van der Waals surface area contributed by atoms with E-state index in [1.54, 1.807) is 24.3 Å². The molecule has 0 aliphatic rings. The minimum atomic E-state index is -4.01. The highest BCUT2D eigenvalue weighted by Gasteiger charge is 2.25. The van der Waals surface area contributed by atoms with Crippen LogP contribution in [0.3, 0.4) is 0 Å². The van der Waals surface area contributed by atoms with Crippen LogP contribution in [-0.2, 0) is 0 Å². The van der Waals surface area contributed by atoms with Gasteiger partial charge in [-0.1, -0.05) is 38.5 Å². The Balaban J connectivity index is 1.89. The highest BCUT2D eigenvalue weighted by atomic mass is 19.4. The van der Waals surface area contributed by atoms with Crippen molar-refractivity contribution in [3.8, 4) is 11.8 Å². The Hall–Kier alpha value is -2.16. The molecule has 29 heavy (non-hydrogen) atoms. The Morgan fingerprint density at radius 3 is 1.90 bits per heavy atom. The lowest BCUT2D eigenvalue weighted by Crippen LogP contribution is -2.06. The van der Waals surface area contributed by atoms with Crippen LogP contribution in [-0.4, -0.2) is 23.8 Å². The van der Waals surface area contributed by atoms with Gasteiger partial charge in [0.25, 0.3) is 0 Å². The second-order valence-electron chi connectivity index (χ2n) is 7.21. The van der Waals surface area contributed by atoms with Gasteiger partial charge in [-0.15, -0.1) is 11.8 Å². The fraction of sp³-hybridized carbons (Fsp3) is 0.609. The quantitative estimate of drug-likeness (QED) is 0.255. The lowest BCUT2D eigenvalue weighted by molar-refractivity contribution is -0.135. The summed E-state index contributed by atoms with van der Waals surface area (Å²) in [7, 11) is 0. The normalized spacial score (nSPS) is 11.0. The fourth-order valence-electron chi connectivity index (χ4n) is 2.92. The number of alkyl halides is 3. The van der Waals surface area contributed by atoms with E-state index >= 15 is 0 Å². The summed E-state index contributed by atoms with van der Waals surface area (Å²) in [5.41, 5.74) is 1.19. The smallest absolute Gasteiger partial charge is 0.389 e. The molecule has 0 fully saturated rings. The molecule has 0 aromatic heterocycles. The summed E-state index contributed by atoms with van der Waals surface area (Å²) in [6.07, 6.45) is 5.29. The van der Waals surface area contributed by atoms with Gasteiger partial charge in [0.05, 0.1) is 5.56 Å². The minimum Gasteiger partial charge on any atom is -0.478 e. The number of hydrogen-bond donors (Lipinski definition) is 2. The molecule has 0 radical (unpaired) electrons. The SMILES string of the molecule is O=C(O)c1ccc(NCCCC#CCCCCCCCCCCC(F)(F)F)cc1. The third kappa shape index (κ3) is 14.5. The summed E-state index contributed by atoms with van der Waals surface area (Å²) in [4.78, 5) is 10.8. The number of carbonyl (C=O) groups is 1. The molecule has 0 atom stereocenters. The van der Waals surface area contributed by atoms with E-state index in [4.69, 9.17) is 5.11 Å². The van der Waals surface area contributed by atoms with Crippen molar-refractivity contribution < 1.29 is 23.1 Å². The maximum atomic E-state index is 12.0. The van der Waals surface area contributed by atoms with E-state index in [1.807, 2.05) is 0 Å². The Bertz CT molecular complexity index is 630. The van der Waals surface area contributed by atoms with Gasteiger partial charge in [-0.2, -0.15) is 13.2 Å². The lowest BCUT2D eigenvalue weighted by Gasteiger charge is -2.05. The van der Waals surface area contributed by atoms with Gasteiger partial charge in [0.15, 0.2) is 0 Å². The van der Waals surface area contributed by atoms with Crippen LogP contribution in [0.1, 0.15) is 87.4 Å². The first-order valence-electron chi connectivity index (χ1n) is 10.5. The van der Waals surface area contributed by atoms with Gasteiger partial charge in [0, 0.05) is 31.5 Å². The van der Waals surface area contributed by atoms with Crippen LogP contribution >= 0.6 is 0 Å². The number of unbranched alkanes of at least 4 members (excludes halogenated alkanes) is 9. The molecule has 0 amide bonds. The maximum Gasteiger partial charge on any atom is 0.389 e. The second kappa shape index (κ2) is 14.8. The van der Waals surface area contributed by atoms with E-state index in [2.05, 4.69) is 17.2 Å². The number of aromatic carboxylic acids is 1. The summed E-state index contributed by atoms with van der Waals surface area (Å²) in [5.74, 6) is 5.44. The highest BCUT2D eigenvalue weighted by Crippen LogP contribution is 2.23. The number of carboxylic acids is 1. The number of nitrogens with one attached hydrogen (secondary N) is 1. The molecule has 6 heteroatoms. The molecule has 3 nitrogen and oxygen atoms in total. The molecule has 162 valence electrons. The van der Waals surface area contributed by atoms with E-state index in [0.29, 0.717) is 6.42 Å². The van der Waals surface area contributed by atoms with Crippen LogP contribution in [0.5, 0.6) is 0 Å². The fourth-order valence-corrected chi connectivity index (χ4v) is 2.92. The molecule has 0 aliphatic carbocycles. The van der Waals surface area contributed by atoms with E-state index in [1.165, 1.54) is 0 Å². The van der Waals surface area contributed by atoms with Crippen molar-refractivity contribution in [2.75, 3.05) is 11.9 Å². The predicted molar refractivity (Wildman–Crippen MR) is 111 cm³/mol. The molecule has 1 aromatic carbocycles. The number of benzene rings is 1. The Kier molecular flexibility index (Phi) is 12.7. The van der Waals surface area contributed by atoms with Crippen LogP contribution in [0, 0.1) is 11.8 Å². The zero-order valence-electron chi connectivity index (χ0n) is 17.0. The molecule has 0 unspecified atom stereocenters. The standard InChI is InChI=1S/C23H32F3NO2/c24-23(25,26)18-12-10-8-6-4-2-1-3-5-7-9-11-13-19-27-21-16-14-20(15-17-21)22(28)29/h14-17,27H,1-6,8,10-13,18-19H2,(H,28,29). The molecule has 1 aromatic rings. The van der Waals surface area contributed by atoms with Gasteiger partial charge in [0.2, 0.25) is 0 Å². The Morgan fingerprint density at radius 1 is 0.828 bits per heavy atom. The molecule has 0 spiro atoms. The number of anilines is 1. The second-order valence-corrected chi connectivity index (χ2v) is 7.21. The molecule has 1 rings (SSSR count). The van der Waals surface area contributed by atoms with Gasteiger partial charge in [-0.3, -0.25) is 0 Å². The molecule has 2 N–H and O–H groups in total. The average molecular weight is 412 g/mol. The van der Waals surface area contributed by atoms with Crippen LogP contribution in [0.15, 0.2) is 24.3 Å². The first kappa shape index (κ1) is 24.9. The van der Waals surface area contributed by atoms with Crippen molar-refractivity contribution in [3.05, 3.63) is 29.8 Å². The van der Waals surface area contributed by atoms with Crippen molar-refractivity contribution in [2.24, 2.45) is 0 Å². The summed E-state index contributed by atoms with van der Waals surface area (Å²) in [5, 5.41) is 12.1. The molecular weight excluding hydrogens is 379 g/mol. The number of rotatable bonds is 14. The Labute approximate surface area is 172 Å². The molecule has 0 saturated carbocycles. The maximum absolute atomic E-state index is 12.0. The molecule has 0 saturated heterocycles. The third-order valence-electron chi connectivity index (χ3n) is 4.58. The van der Waals surface area contributed by atoms with Crippen molar-refractivity contribution in [1.82, 2.24) is 0 Å². The van der Waals surface area contributed by atoms with E-state index < -0.39 is 18.6 Å². The predicted octanol–water partition coefficient (Wildman–Crippen LogP) is 7.04. The highest BCUT2D eigenvalue weighted by molar-refractivity contribution is 5.87. The topological polar surface area (TPSA) is 49.3 Å². The Morgan fingerprint density at radius 2 is 1.34 bits per heavy atom. The van der Waals surface area contributed by atoms with E-state index in [-0.39, 0.29) is 12.0 Å². The number of hydrogen-bond acceptors (Lipinski definition) is 2. The summed E-state index contributed by atoms with van der Waals surface area (Å²) < 4.78 is 36.0. The summed E-state index contributed by atoms with van der Waals surface area (Å²) in [6, 6.07) is 6.69. The largest absolute Gasteiger partial charge is 0.478 e. The van der Waals surface area contributed by atoms with Crippen molar-refractivity contribution >= 4 is 11.7 Å². The minimum absolute atomic E-state index is 0.256. The van der Waals surface area contributed by atoms with E-state index in [9.17, 15) is 18.0 Å². The zero-order chi connectivity index (χ0) is 21.4. The average Bonchev–Trinajstić information content (AvgIpc) is 2.67. The van der Waals surface area contributed by atoms with Crippen LogP contribution < -0.4 is 5.32 Å². The van der Waals surface area contributed by atoms with Crippen LogP contribution in [0.4, 0.5) is 18.9 Å². The van der Waals surface area contributed by atoms with Gasteiger partial charge in [-0.25, -0.2) is 4.79 Å². The van der Waals surface area contributed by atoms with Gasteiger partial charge in [-0.05, 0) is 43.5 Å². The van der Waals surface area contributed by atoms with Crippen molar-refractivity contribution in [1.29, 1.82) is 0 Å². The summed E-state index contributed by atoms with van der Waals surface area (Å²) in [6.45, 7) is 0.796. The molecule has 0 heterocycles. The first-order chi connectivity index (χ1) is 13.9. The van der Waals surface area contributed by atoms with Gasteiger partial charge in [0.1, 0.15) is 0 Å². The monoisotopic (exact) mass is 411 g/mol. The lowest BCUT2D eigenvalue weighted by atomic mass is 10.1. The number of halogens is 3. The van der Waals surface area contributed by atoms with Crippen LogP contribution in [0.2, 0.25) is 0 Å². The molecular formula is C23H32F3NO2.